The Hall–Kier alpha value is -2.80. The number of fused-ring (bicyclic) bond motifs is 1. The third-order valence-electron chi connectivity index (χ3n) is 5.26. The van der Waals surface area contributed by atoms with Gasteiger partial charge in [0.05, 0.1) is 32.7 Å². The Morgan fingerprint density at radius 2 is 1.87 bits per heavy atom. The molecule has 0 aliphatic heterocycles. The van der Waals surface area contributed by atoms with Crippen molar-refractivity contribution in [1.29, 1.82) is 0 Å². The Kier molecular flexibility index (Phi) is 6.51. The number of carbonyl (C=O) groups excluding carboxylic acids is 1. The number of halogens is 3. The van der Waals surface area contributed by atoms with Crippen molar-refractivity contribution in [2.45, 2.75) is 18.5 Å². The van der Waals surface area contributed by atoms with Gasteiger partial charge in [0.25, 0.3) is 0 Å². The van der Waals surface area contributed by atoms with Crippen molar-refractivity contribution in [3.63, 3.8) is 0 Å². The molecule has 1 heterocycles. The zero-order valence-corrected chi connectivity index (χ0v) is 17.4. The van der Waals surface area contributed by atoms with Crippen LogP contribution in [-0.2, 0) is 18.0 Å². The van der Waals surface area contributed by atoms with Crippen molar-refractivity contribution in [1.82, 2.24) is 9.88 Å². The molecule has 160 valence electrons. The normalized spacial score (nSPS) is 13.0. The van der Waals surface area contributed by atoms with Gasteiger partial charge in [0.1, 0.15) is 0 Å². The van der Waals surface area contributed by atoms with Gasteiger partial charge in [-0.05, 0) is 23.3 Å². The van der Waals surface area contributed by atoms with Gasteiger partial charge in [-0.15, -0.1) is 0 Å². The standard InChI is InChI=1S/C23H26F3N3O/c1-28(2)12-11-27-22(30)14-19(16-7-6-8-17(13-16)23(24,25)26)20-15-29(3)21-10-5-4-9-18(20)21/h4-10,13,15,19H,11-12,14H2,1-3H3,(H,27,30)/p+1/t19-/m1/s1. The lowest BCUT2D eigenvalue weighted by Crippen LogP contribution is -3.06. The molecule has 3 rings (SSSR count). The Balaban J connectivity index is 2.00. The highest BCUT2D eigenvalue weighted by Gasteiger charge is 2.32. The van der Waals surface area contributed by atoms with Gasteiger partial charge in [-0.3, -0.25) is 4.79 Å². The van der Waals surface area contributed by atoms with Gasteiger partial charge in [-0.25, -0.2) is 0 Å². The Morgan fingerprint density at radius 1 is 1.13 bits per heavy atom. The molecule has 1 amide bonds. The van der Waals surface area contributed by atoms with Crippen molar-refractivity contribution < 1.29 is 22.9 Å². The Bertz CT molecular complexity index is 1020. The highest BCUT2D eigenvalue weighted by Crippen LogP contribution is 2.37. The van der Waals surface area contributed by atoms with Gasteiger partial charge in [0.2, 0.25) is 5.91 Å². The van der Waals surface area contributed by atoms with Crippen LogP contribution in [0, 0.1) is 0 Å². The molecule has 0 radical (unpaired) electrons. The molecule has 0 unspecified atom stereocenters. The Morgan fingerprint density at radius 3 is 2.57 bits per heavy atom. The van der Waals surface area contributed by atoms with E-state index in [1.165, 1.54) is 11.0 Å². The van der Waals surface area contributed by atoms with E-state index in [0.717, 1.165) is 35.1 Å². The number of aryl methyl sites for hydroxylation is 1. The van der Waals surface area contributed by atoms with Gasteiger partial charge in [0.15, 0.2) is 0 Å². The zero-order chi connectivity index (χ0) is 21.9. The van der Waals surface area contributed by atoms with Gasteiger partial charge < -0.3 is 14.8 Å². The minimum atomic E-state index is -4.43. The van der Waals surface area contributed by atoms with Crippen LogP contribution in [0.1, 0.15) is 29.0 Å². The summed E-state index contributed by atoms with van der Waals surface area (Å²) in [5, 5.41) is 3.83. The van der Waals surface area contributed by atoms with Crippen LogP contribution in [0.2, 0.25) is 0 Å². The van der Waals surface area contributed by atoms with E-state index in [2.05, 4.69) is 5.32 Å². The predicted octanol–water partition coefficient (Wildman–Crippen LogP) is 2.98. The summed E-state index contributed by atoms with van der Waals surface area (Å²) in [4.78, 5) is 13.9. The maximum absolute atomic E-state index is 13.3. The molecule has 2 aromatic carbocycles. The third kappa shape index (κ3) is 5.02. The molecule has 1 atom stereocenters. The number of nitrogens with one attached hydrogen (secondary N) is 2. The molecule has 2 N–H and O–H groups in total. The lowest BCUT2D eigenvalue weighted by Gasteiger charge is -2.19. The summed E-state index contributed by atoms with van der Waals surface area (Å²) < 4.78 is 41.9. The topological polar surface area (TPSA) is 38.5 Å². The number of aromatic nitrogens is 1. The molecule has 7 heteroatoms. The summed E-state index contributed by atoms with van der Waals surface area (Å²) in [6, 6.07) is 13.0. The van der Waals surface area contributed by atoms with Crippen LogP contribution in [0.4, 0.5) is 13.2 Å². The molecule has 3 aromatic rings. The SMILES string of the molecule is Cn1cc([C@H](CC(=O)NCC[NH+](C)C)c2cccc(C(F)(F)F)c2)c2ccccc21. The average molecular weight is 418 g/mol. The van der Waals surface area contributed by atoms with Crippen molar-refractivity contribution in [2.24, 2.45) is 7.05 Å². The molecule has 0 aliphatic carbocycles. The van der Waals surface area contributed by atoms with E-state index in [-0.39, 0.29) is 12.3 Å². The number of hydrogen-bond acceptors (Lipinski definition) is 1. The fraction of sp³-hybridized carbons (Fsp3) is 0.348. The number of hydrogen-bond donors (Lipinski definition) is 2. The second-order valence-electron chi connectivity index (χ2n) is 7.90. The fourth-order valence-electron chi connectivity index (χ4n) is 3.70. The first-order chi connectivity index (χ1) is 14.2. The third-order valence-corrected chi connectivity index (χ3v) is 5.26. The first kappa shape index (κ1) is 21.9. The van der Waals surface area contributed by atoms with Crippen LogP contribution >= 0.6 is 0 Å². The molecule has 30 heavy (non-hydrogen) atoms. The second-order valence-corrected chi connectivity index (χ2v) is 7.90. The van der Waals surface area contributed by atoms with E-state index in [1.54, 1.807) is 6.07 Å². The summed E-state index contributed by atoms with van der Waals surface area (Å²) in [5.41, 5.74) is 1.60. The molecule has 0 spiro atoms. The first-order valence-corrected chi connectivity index (χ1v) is 9.93. The highest BCUT2D eigenvalue weighted by atomic mass is 19.4. The average Bonchev–Trinajstić information content (AvgIpc) is 3.02. The maximum atomic E-state index is 13.3. The molecule has 4 nitrogen and oxygen atoms in total. The van der Waals surface area contributed by atoms with Crippen molar-refractivity contribution in [3.8, 4) is 0 Å². The lowest BCUT2D eigenvalue weighted by molar-refractivity contribution is -0.856. The van der Waals surface area contributed by atoms with E-state index in [0.29, 0.717) is 12.1 Å². The molecule has 0 fully saturated rings. The van der Waals surface area contributed by atoms with Crippen molar-refractivity contribution in [2.75, 3.05) is 27.2 Å². The van der Waals surface area contributed by atoms with Crippen LogP contribution in [0.5, 0.6) is 0 Å². The largest absolute Gasteiger partial charge is 0.416 e. The van der Waals surface area contributed by atoms with Crippen LogP contribution in [0.3, 0.4) is 0 Å². The van der Waals surface area contributed by atoms with E-state index in [1.807, 2.05) is 56.2 Å². The smallest absolute Gasteiger partial charge is 0.350 e. The number of para-hydroxylation sites is 1. The van der Waals surface area contributed by atoms with E-state index >= 15 is 0 Å². The van der Waals surface area contributed by atoms with E-state index in [4.69, 9.17) is 0 Å². The van der Waals surface area contributed by atoms with Gasteiger partial charge in [0, 0.05) is 36.5 Å². The zero-order valence-electron chi connectivity index (χ0n) is 17.4. The van der Waals surface area contributed by atoms with Gasteiger partial charge in [-0.1, -0.05) is 36.4 Å². The molecule has 0 saturated heterocycles. The minimum absolute atomic E-state index is 0.0814. The summed E-state index contributed by atoms with van der Waals surface area (Å²) in [6.45, 7) is 1.29. The lowest BCUT2D eigenvalue weighted by atomic mass is 9.87. The number of amides is 1. The second kappa shape index (κ2) is 8.92. The van der Waals surface area contributed by atoms with E-state index in [9.17, 15) is 18.0 Å². The van der Waals surface area contributed by atoms with Crippen molar-refractivity contribution in [3.05, 3.63) is 71.4 Å². The number of quaternary nitrogens is 1. The van der Waals surface area contributed by atoms with Crippen LogP contribution in [0.25, 0.3) is 10.9 Å². The van der Waals surface area contributed by atoms with Crippen LogP contribution < -0.4 is 10.2 Å². The van der Waals surface area contributed by atoms with Gasteiger partial charge in [-0.2, -0.15) is 13.2 Å². The predicted molar refractivity (Wildman–Crippen MR) is 112 cm³/mol. The maximum Gasteiger partial charge on any atom is 0.416 e. The molecular formula is C23H27F3N3O+. The van der Waals surface area contributed by atoms with E-state index < -0.39 is 17.7 Å². The number of alkyl halides is 3. The molecular weight excluding hydrogens is 391 g/mol. The van der Waals surface area contributed by atoms with Crippen LogP contribution in [0.15, 0.2) is 54.7 Å². The molecule has 0 saturated carbocycles. The Labute approximate surface area is 174 Å². The summed E-state index contributed by atoms with van der Waals surface area (Å²) in [5.74, 6) is -0.656. The first-order valence-electron chi connectivity index (χ1n) is 9.93. The fourth-order valence-corrected chi connectivity index (χ4v) is 3.70. The monoisotopic (exact) mass is 418 g/mol. The summed E-state index contributed by atoms with van der Waals surface area (Å²) in [7, 11) is 5.89. The van der Waals surface area contributed by atoms with Crippen molar-refractivity contribution >= 4 is 16.8 Å². The minimum Gasteiger partial charge on any atom is -0.350 e. The number of likely N-dealkylation sites (N-methyl/N-ethyl adjacent to an activating group) is 1. The molecule has 0 aliphatic rings. The van der Waals surface area contributed by atoms with Gasteiger partial charge >= 0.3 is 6.18 Å². The number of carbonyl (C=O) groups is 1. The number of rotatable bonds is 7. The number of benzene rings is 2. The summed E-state index contributed by atoms with van der Waals surface area (Å²) in [6.07, 6.45) is -2.44. The summed E-state index contributed by atoms with van der Waals surface area (Å²) >= 11 is 0. The number of nitrogens with zero attached hydrogens (tertiary/aromatic N) is 1. The molecule has 0 bridgehead atoms. The van der Waals surface area contributed by atoms with Crippen LogP contribution in [-0.4, -0.2) is 37.7 Å². The molecule has 1 aromatic heterocycles. The quantitative estimate of drug-likeness (QED) is 0.608. The highest BCUT2D eigenvalue weighted by molar-refractivity contribution is 5.86.